The van der Waals surface area contributed by atoms with Gasteiger partial charge in [0.05, 0.1) is 22.4 Å². The largest absolute Gasteiger partial charge is 0.292 e. The number of nitro groups is 1. The number of hydrogen-bond donors (Lipinski definition) is 0. The molecule has 0 unspecified atom stereocenters. The average molecular weight is 371 g/mol. The molecule has 0 atom stereocenters. The zero-order valence-corrected chi connectivity index (χ0v) is 15.2. The summed E-state index contributed by atoms with van der Waals surface area (Å²) in [5.41, 5.74) is 3.13. The maximum atomic E-state index is 13.1. The molecule has 0 N–H and O–H groups in total. The lowest BCUT2D eigenvalue weighted by Gasteiger charge is -2.14. The van der Waals surface area contributed by atoms with Gasteiger partial charge in [0, 0.05) is 12.1 Å². The van der Waals surface area contributed by atoms with E-state index in [2.05, 4.69) is 4.98 Å². The lowest BCUT2D eigenvalue weighted by Crippen LogP contribution is -2.24. The van der Waals surface area contributed by atoms with Gasteiger partial charge in [0.25, 0.3) is 11.2 Å². The summed E-state index contributed by atoms with van der Waals surface area (Å²) in [4.78, 5) is 28.1. The highest BCUT2D eigenvalue weighted by atomic mass is 16.6. The van der Waals surface area contributed by atoms with E-state index in [9.17, 15) is 14.9 Å². The Balaban J connectivity index is 1.85. The molecule has 0 radical (unpaired) electrons. The molecule has 6 nitrogen and oxygen atoms in total. The van der Waals surface area contributed by atoms with Crippen LogP contribution in [0.15, 0.2) is 77.6 Å². The predicted molar refractivity (Wildman–Crippen MR) is 108 cm³/mol. The minimum atomic E-state index is -0.506. The van der Waals surface area contributed by atoms with Crippen molar-refractivity contribution in [1.29, 1.82) is 0 Å². The van der Waals surface area contributed by atoms with Crippen molar-refractivity contribution in [3.8, 4) is 11.1 Å². The van der Waals surface area contributed by atoms with Gasteiger partial charge in [0.15, 0.2) is 0 Å². The summed E-state index contributed by atoms with van der Waals surface area (Å²) in [5, 5.41) is 11.3. The van der Waals surface area contributed by atoms with Crippen molar-refractivity contribution in [3.05, 3.63) is 105 Å². The lowest BCUT2D eigenvalue weighted by molar-refractivity contribution is -0.384. The molecule has 0 aliphatic rings. The fourth-order valence-electron chi connectivity index (χ4n) is 3.35. The smallest absolute Gasteiger partial charge is 0.270 e. The quantitative estimate of drug-likeness (QED) is 0.395. The molecule has 6 heteroatoms. The van der Waals surface area contributed by atoms with Crippen molar-refractivity contribution >= 4 is 16.6 Å². The molecule has 0 aliphatic carbocycles. The van der Waals surface area contributed by atoms with Crippen molar-refractivity contribution in [2.45, 2.75) is 13.5 Å². The Hall–Kier alpha value is -3.80. The molecule has 0 saturated heterocycles. The standard InChI is InChI=1S/C22H17N3O3/c1-15-23-21-12-11-18(25(27)28)13-20(21)22(26)24(15)14-17-9-5-6-10-19(17)16-7-3-2-4-8-16/h2-13H,14H2,1H3. The van der Waals surface area contributed by atoms with E-state index in [0.717, 1.165) is 16.7 Å². The molecular formula is C22H17N3O3. The SMILES string of the molecule is Cc1nc2ccc([N+](=O)[O-])cc2c(=O)n1Cc1ccccc1-c1ccccc1. The molecule has 1 heterocycles. The number of nitrogens with zero attached hydrogens (tertiary/aromatic N) is 3. The van der Waals surface area contributed by atoms with Crippen LogP contribution in [0.1, 0.15) is 11.4 Å². The second-order valence-corrected chi connectivity index (χ2v) is 6.53. The maximum absolute atomic E-state index is 13.1. The summed E-state index contributed by atoms with van der Waals surface area (Å²) in [5.74, 6) is 0.564. The Morgan fingerprint density at radius 3 is 2.46 bits per heavy atom. The van der Waals surface area contributed by atoms with Crippen molar-refractivity contribution < 1.29 is 4.92 Å². The van der Waals surface area contributed by atoms with Crippen LogP contribution >= 0.6 is 0 Å². The molecule has 0 fully saturated rings. The van der Waals surface area contributed by atoms with Crippen molar-refractivity contribution in [1.82, 2.24) is 9.55 Å². The average Bonchev–Trinajstić information content (AvgIpc) is 2.72. The molecule has 138 valence electrons. The number of aromatic nitrogens is 2. The molecule has 4 rings (SSSR count). The lowest BCUT2D eigenvalue weighted by atomic mass is 9.99. The predicted octanol–water partition coefficient (Wildman–Crippen LogP) is 4.33. The van der Waals surface area contributed by atoms with E-state index in [1.807, 2.05) is 54.6 Å². The highest BCUT2D eigenvalue weighted by Crippen LogP contribution is 2.24. The van der Waals surface area contributed by atoms with Gasteiger partial charge in [-0.2, -0.15) is 0 Å². The zero-order chi connectivity index (χ0) is 19.7. The first-order valence-electron chi connectivity index (χ1n) is 8.83. The number of benzene rings is 3. The van der Waals surface area contributed by atoms with E-state index in [4.69, 9.17) is 0 Å². The molecule has 0 spiro atoms. The number of hydrogen-bond acceptors (Lipinski definition) is 4. The molecule has 0 aliphatic heterocycles. The van der Waals surface area contributed by atoms with E-state index < -0.39 is 4.92 Å². The zero-order valence-electron chi connectivity index (χ0n) is 15.2. The van der Waals surface area contributed by atoms with Crippen molar-refractivity contribution in [2.24, 2.45) is 0 Å². The van der Waals surface area contributed by atoms with Gasteiger partial charge >= 0.3 is 0 Å². The number of fused-ring (bicyclic) bond motifs is 1. The molecular weight excluding hydrogens is 354 g/mol. The van der Waals surface area contributed by atoms with E-state index in [1.54, 1.807) is 11.5 Å². The Morgan fingerprint density at radius 2 is 1.71 bits per heavy atom. The fourth-order valence-corrected chi connectivity index (χ4v) is 3.35. The highest BCUT2D eigenvalue weighted by molar-refractivity contribution is 5.80. The third-order valence-corrected chi connectivity index (χ3v) is 4.77. The van der Waals surface area contributed by atoms with E-state index >= 15 is 0 Å². The Labute approximate surface area is 160 Å². The molecule has 28 heavy (non-hydrogen) atoms. The third kappa shape index (κ3) is 3.16. The molecule has 1 aromatic heterocycles. The summed E-state index contributed by atoms with van der Waals surface area (Å²) in [6.45, 7) is 2.11. The molecule has 0 amide bonds. The van der Waals surface area contributed by atoms with Gasteiger partial charge in [0.2, 0.25) is 0 Å². The van der Waals surface area contributed by atoms with Gasteiger partial charge in [-0.3, -0.25) is 19.5 Å². The van der Waals surface area contributed by atoms with E-state index in [-0.39, 0.29) is 16.6 Å². The van der Waals surface area contributed by atoms with Crippen LogP contribution in [0.2, 0.25) is 0 Å². The monoisotopic (exact) mass is 371 g/mol. The summed E-state index contributed by atoms with van der Waals surface area (Å²) < 4.78 is 1.56. The number of non-ortho nitro benzene ring substituents is 1. The highest BCUT2D eigenvalue weighted by Gasteiger charge is 2.14. The second kappa shape index (κ2) is 7.08. The van der Waals surface area contributed by atoms with Gasteiger partial charge in [-0.25, -0.2) is 4.98 Å². The normalized spacial score (nSPS) is 10.9. The molecule has 0 bridgehead atoms. The Bertz CT molecular complexity index is 1250. The van der Waals surface area contributed by atoms with Gasteiger partial charge in [0.1, 0.15) is 5.82 Å². The fraction of sp³-hybridized carbons (Fsp3) is 0.0909. The van der Waals surface area contributed by atoms with Crippen LogP contribution in [0.3, 0.4) is 0 Å². The molecule has 0 saturated carbocycles. The van der Waals surface area contributed by atoms with Crippen LogP contribution in [0, 0.1) is 17.0 Å². The summed E-state index contributed by atoms with van der Waals surface area (Å²) >= 11 is 0. The number of aryl methyl sites for hydroxylation is 1. The first-order valence-corrected chi connectivity index (χ1v) is 8.83. The van der Waals surface area contributed by atoms with Crippen LogP contribution in [0.25, 0.3) is 22.0 Å². The minimum absolute atomic E-state index is 0.119. The van der Waals surface area contributed by atoms with Gasteiger partial charge in [-0.1, -0.05) is 54.6 Å². The van der Waals surface area contributed by atoms with Gasteiger partial charge < -0.3 is 0 Å². The first-order chi connectivity index (χ1) is 13.5. The van der Waals surface area contributed by atoms with Crippen LogP contribution in [0.4, 0.5) is 5.69 Å². The summed E-state index contributed by atoms with van der Waals surface area (Å²) in [7, 11) is 0. The third-order valence-electron chi connectivity index (χ3n) is 4.77. The summed E-state index contributed by atoms with van der Waals surface area (Å²) in [6, 6.07) is 22.0. The van der Waals surface area contributed by atoms with E-state index in [0.29, 0.717) is 17.9 Å². The summed E-state index contributed by atoms with van der Waals surface area (Å²) in [6.07, 6.45) is 0. The van der Waals surface area contributed by atoms with Crippen LogP contribution < -0.4 is 5.56 Å². The van der Waals surface area contributed by atoms with Crippen LogP contribution in [0.5, 0.6) is 0 Å². The molecule has 3 aromatic carbocycles. The Kier molecular flexibility index (Phi) is 4.45. The maximum Gasteiger partial charge on any atom is 0.270 e. The topological polar surface area (TPSA) is 78.0 Å². The van der Waals surface area contributed by atoms with Crippen molar-refractivity contribution in [3.63, 3.8) is 0 Å². The number of rotatable bonds is 4. The second-order valence-electron chi connectivity index (χ2n) is 6.53. The Morgan fingerprint density at radius 1 is 1.00 bits per heavy atom. The van der Waals surface area contributed by atoms with Crippen molar-refractivity contribution in [2.75, 3.05) is 0 Å². The molecule has 4 aromatic rings. The first kappa shape index (κ1) is 17.6. The van der Waals surface area contributed by atoms with Gasteiger partial charge in [-0.15, -0.1) is 0 Å². The minimum Gasteiger partial charge on any atom is -0.292 e. The van der Waals surface area contributed by atoms with Gasteiger partial charge in [-0.05, 0) is 29.7 Å². The van der Waals surface area contributed by atoms with E-state index in [1.165, 1.54) is 18.2 Å². The number of nitro benzene ring substituents is 1. The van der Waals surface area contributed by atoms with Crippen LogP contribution in [-0.2, 0) is 6.54 Å². The van der Waals surface area contributed by atoms with Crippen LogP contribution in [-0.4, -0.2) is 14.5 Å².